The van der Waals surface area contributed by atoms with Gasteiger partial charge in [-0.3, -0.25) is 5.32 Å². The van der Waals surface area contributed by atoms with Crippen molar-refractivity contribution >= 4 is 18.1 Å². The van der Waals surface area contributed by atoms with Crippen molar-refractivity contribution in [3.05, 3.63) is 23.7 Å². The van der Waals surface area contributed by atoms with E-state index >= 15 is 0 Å². The van der Waals surface area contributed by atoms with Crippen LogP contribution in [0.1, 0.15) is 11.5 Å². The lowest BCUT2D eigenvalue weighted by molar-refractivity contribution is -0.157. The summed E-state index contributed by atoms with van der Waals surface area (Å²) in [7, 11) is 5.87. The van der Waals surface area contributed by atoms with Gasteiger partial charge in [0.05, 0.1) is 12.3 Å². The summed E-state index contributed by atoms with van der Waals surface area (Å²) in [6, 6.07) is 4.09. The van der Waals surface area contributed by atoms with E-state index in [0.29, 0.717) is 0 Å². The molecule has 0 fully saturated rings. The van der Waals surface area contributed by atoms with Gasteiger partial charge in [-0.2, -0.15) is 16.9 Å². The quantitative estimate of drug-likeness (QED) is 0.655. The maximum Gasteiger partial charge on any atom is 0.232 e. The molecule has 2 N–H and O–H groups in total. The Kier molecular flexibility index (Phi) is 6.52. The number of hydrogen-bond donors (Lipinski definition) is 2. The number of hydrazine groups is 1. The molecule has 8 heteroatoms. The molecule has 1 atom stereocenters. The van der Waals surface area contributed by atoms with Crippen molar-refractivity contribution in [1.82, 2.24) is 20.8 Å². The van der Waals surface area contributed by atoms with E-state index < -0.39 is 0 Å². The molecule has 2 rings (SSSR count). The van der Waals surface area contributed by atoms with Crippen molar-refractivity contribution in [1.29, 1.82) is 0 Å². The van der Waals surface area contributed by atoms with Gasteiger partial charge in [-0.05, 0) is 33.3 Å². The van der Waals surface area contributed by atoms with E-state index in [1.54, 1.807) is 13.4 Å². The van der Waals surface area contributed by atoms with E-state index in [-0.39, 0.29) is 6.35 Å². The first-order valence-electron chi connectivity index (χ1n) is 6.87. The molecule has 1 unspecified atom stereocenters. The number of furan rings is 1. The van der Waals surface area contributed by atoms with Crippen molar-refractivity contribution in [3.8, 4) is 0 Å². The van der Waals surface area contributed by atoms with Crippen LogP contribution < -0.4 is 10.7 Å². The fourth-order valence-electron chi connectivity index (χ4n) is 1.79. The van der Waals surface area contributed by atoms with E-state index in [4.69, 9.17) is 9.25 Å². The van der Waals surface area contributed by atoms with Crippen LogP contribution in [0.2, 0.25) is 0 Å². The second kappa shape index (κ2) is 8.40. The molecule has 1 aliphatic rings. The lowest BCUT2D eigenvalue weighted by Crippen LogP contribution is -2.38. The predicted molar refractivity (Wildman–Crippen MR) is 84.5 cm³/mol. The zero-order valence-electron chi connectivity index (χ0n) is 12.7. The van der Waals surface area contributed by atoms with Crippen molar-refractivity contribution < 1.29 is 9.25 Å². The molecule has 21 heavy (non-hydrogen) atoms. The molecule has 2 heterocycles. The smallest absolute Gasteiger partial charge is 0.232 e. The van der Waals surface area contributed by atoms with Gasteiger partial charge in [0.1, 0.15) is 17.9 Å². The molecule has 0 spiro atoms. The molecule has 0 saturated heterocycles. The highest BCUT2D eigenvalue weighted by Crippen LogP contribution is 2.16. The number of hydroxylamine groups is 1. The van der Waals surface area contributed by atoms with Crippen LogP contribution in [0.25, 0.3) is 0 Å². The summed E-state index contributed by atoms with van der Waals surface area (Å²) >= 11 is 1.82. The Morgan fingerprint density at radius 1 is 1.38 bits per heavy atom. The van der Waals surface area contributed by atoms with Gasteiger partial charge in [0.15, 0.2) is 0 Å². The zero-order valence-corrected chi connectivity index (χ0v) is 13.5. The molecule has 1 aliphatic heterocycles. The Labute approximate surface area is 129 Å². The number of hydrogen-bond acceptors (Lipinski definition) is 8. The van der Waals surface area contributed by atoms with E-state index in [9.17, 15) is 0 Å². The second-order valence-electron chi connectivity index (χ2n) is 4.90. The largest absolute Gasteiger partial charge is 0.464 e. The lowest BCUT2D eigenvalue weighted by atomic mass is 10.4. The number of thioether (sulfide) groups is 1. The van der Waals surface area contributed by atoms with Gasteiger partial charge < -0.3 is 9.32 Å². The maximum atomic E-state index is 5.76. The standard InChI is InChI=1S/C13H23N5O2S/c1-14-13-15-10-18(20-13)16-6-7-21-9-12-5-4-11(19-12)8-17(2)3/h4-5,10,13-14,16H,6-9H2,1-3H3. The van der Waals surface area contributed by atoms with Crippen molar-refractivity contribution in [3.63, 3.8) is 0 Å². The van der Waals surface area contributed by atoms with Gasteiger partial charge in [-0.1, -0.05) is 0 Å². The first-order valence-corrected chi connectivity index (χ1v) is 8.03. The van der Waals surface area contributed by atoms with E-state index in [1.165, 1.54) is 5.17 Å². The van der Waals surface area contributed by atoms with Crippen LogP contribution in [0.4, 0.5) is 0 Å². The average molecular weight is 313 g/mol. The Hall–Kier alpha value is -1.06. The molecule has 1 aromatic heterocycles. The van der Waals surface area contributed by atoms with Crippen LogP contribution in [0.3, 0.4) is 0 Å². The molecule has 0 aliphatic carbocycles. The highest BCUT2D eigenvalue weighted by Gasteiger charge is 2.15. The van der Waals surface area contributed by atoms with Crippen LogP contribution in [0.5, 0.6) is 0 Å². The molecular weight excluding hydrogens is 290 g/mol. The van der Waals surface area contributed by atoms with Gasteiger partial charge in [-0.25, -0.2) is 15.3 Å². The lowest BCUT2D eigenvalue weighted by Gasteiger charge is -2.15. The highest BCUT2D eigenvalue weighted by atomic mass is 32.2. The summed E-state index contributed by atoms with van der Waals surface area (Å²) in [6.45, 7) is 1.64. The van der Waals surface area contributed by atoms with Crippen molar-refractivity contribution in [2.24, 2.45) is 4.99 Å². The van der Waals surface area contributed by atoms with Gasteiger partial charge in [0, 0.05) is 12.3 Å². The molecule has 0 aromatic carbocycles. The van der Waals surface area contributed by atoms with Gasteiger partial charge >= 0.3 is 0 Å². The Morgan fingerprint density at radius 3 is 2.90 bits per heavy atom. The van der Waals surface area contributed by atoms with E-state index in [2.05, 4.69) is 20.6 Å². The first-order chi connectivity index (χ1) is 10.2. The number of nitrogens with zero attached hydrogens (tertiary/aromatic N) is 3. The van der Waals surface area contributed by atoms with Crippen LogP contribution in [-0.4, -0.2) is 56.2 Å². The van der Waals surface area contributed by atoms with Crippen LogP contribution in [-0.2, 0) is 17.1 Å². The first kappa shape index (κ1) is 16.3. The summed E-state index contributed by atoms with van der Waals surface area (Å²) in [5.41, 5.74) is 3.13. The third-order valence-electron chi connectivity index (χ3n) is 2.72. The van der Waals surface area contributed by atoms with Crippen molar-refractivity contribution in [2.75, 3.05) is 33.4 Å². The molecular formula is C13H23N5O2S. The Bertz CT molecular complexity index is 452. The fraction of sp³-hybridized carbons (Fsp3) is 0.615. The second-order valence-corrected chi connectivity index (χ2v) is 6.01. The number of aliphatic imine (C=N–C) groups is 1. The SMILES string of the molecule is CNC1N=CN(NCCSCc2ccc(CN(C)C)o2)O1. The topological polar surface area (TPSA) is 65.3 Å². The normalized spacial score (nSPS) is 18.1. The number of rotatable bonds is 9. The van der Waals surface area contributed by atoms with Crippen LogP contribution in [0.15, 0.2) is 21.5 Å². The summed E-state index contributed by atoms with van der Waals surface area (Å²) in [5.74, 6) is 3.87. The van der Waals surface area contributed by atoms with E-state index in [0.717, 1.165) is 36.1 Å². The Balaban J connectivity index is 1.56. The predicted octanol–water partition coefficient (Wildman–Crippen LogP) is 0.857. The summed E-state index contributed by atoms with van der Waals surface area (Å²) in [4.78, 5) is 11.6. The molecule has 118 valence electrons. The number of nitrogens with one attached hydrogen (secondary N) is 2. The molecule has 0 amide bonds. The Morgan fingerprint density at radius 2 is 2.19 bits per heavy atom. The molecule has 0 bridgehead atoms. The van der Waals surface area contributed by atoms with E-state index in [1.807, 2.05) is 38.0 Å². The molecule has 0 radical (unpaired) electrons. The highest BCUT2D eigenvalue weighted by molar-refractivity contribution is 7.98. The monoisotopic (exact) mass is 313 g/mol. The summed E-state index contributed by atoms with van der Waals surface area (Å²) < 4.78 is 5.76. The minimum absolute atomic E-state index is 0.289. The van der Waals surface area contributed by atoms with Crippen LogP contribution >= 0.6 is 11.8 Å². The summed E-state index contributed by atoms with van der Waals surface area (Å²) in [5, 5.41) is 4.44. The fourth-order valence-corrected chi connectivity index (χ4v) is 2.52. The minimum atomic E-state index is -0.289. The maximum absolute atomic E-state index is 5.76. The molecule has 7 nitrogen and oxygen atoms in total. The van der Waals surface area contributed by atoms with Crippen LogP contribution in [0, 0.1) is 0 Å². The van der Waals surface area contributed by atoms with Gasteiger partial charge in [0.25, 0.3) is 0 Å². The zero-order chi connectivity index (χ0) is 15.1. The summed E-state index contributed by atoms with van der Waals surface area (Å²) in [6.07, 6.45) is 1.34. The molecule has 1 aromatic rings. The third kappa shape index (κ3) is 5.68. The average Bonchev–Trinajstić information content (AvgIpc) is 3.07. The minimum Gasteiger partial charge on any atom is -0.464 e. The van der Waals surface area contributed by atoms with Crippen molar-refractivity contribution in [2.45, 2.75) is 18.6 Å². The van der Waals surface area contributed by atoms with Gasteiger partial charge in [-0.15, -0.1) is 0 Å². The van der Waals surface area contributed by atoms with Gasteiger partial charge in [0.2, 0.25) is 6.35 Å². The third-order valence-corrected chi connectivity index (χ3v) is 3.70. The molecule has 0 saturated carbocycles.